The molecule has 124 valence electrons. The normalized spacial score (nSPS) is 20.8. The molecule has 2 N–H and O–H groups in total. The third-order valence-electron chi connectivity index (χ3n) is 4.44. The Morgan fingerprint density at radius 1 is 1.30 bits per heavy atom. The standard InChI is InChI=1S/C18H25N3O2/c1-4-5-13(11-19)22-17-9-12-8-14-15(21-7-6-20-14)10-16(12)23-18(17,2)3/h6-8,10,13,17H,4-5,9,11,19H2,1-3H3/t13?,17-/m1/s1. The van der Waals surface area contributed by atoms with Crippen molar-refractivity contribution in [3.05, 3.63) is 30.1 Å². The molecule has 0 fully saturated rings. The first-order valence-electron chi connectivity index (χ1n) is 8.31. The van der Waals surface area contributed by atoms with Crippen LogP contribution < -0.4 is 10.5 Å². The van der Waals surface area contributed by atoms with Gasteiger partial charge in [0.25, 0.3) is 0 Å². The molecular weight excluding hydrogens is 290 g/mol. The first-order valence-corrected chi connectivity index (χ1v) is 8.31. The van der Waals surface area contributed by atoms with Gasteiger partial charge in [0.15, 0.2) is 0 Å². The Morgan fingerprint density at radius 2 is 2.00 bits per heavy atom. The van der Waals surface area contributed by atoms with Gasteiger partial charge in [-0.15, -0.1) is 0 Å². The maximum absolute atomic E-state index is 6.28. The molecule has 0 bridgehead atoms. The van der Waals surface area contributed by atoms with E-state index in [0.29, 0.717) is 6.54 Å². The number of ether oxygens (including phenoxy) is 2. The number of aromatic nitrogens is 2. The van der Waals surface area contributed by atoms with E-state index in [2.05, 4.69) is 36.8 Å². The molecule has 1 aliphatic heterocycles. The van der Waals surface area contributed by atoms with Gasteiger partial charge in [0, 0.05) is 31.4 Å². The largest absolute Gasteiger partial charge is 0.485 e. The van der Waals surface area contributed by atoms with E-state index in [1.807, 2.05) is 6.07 Å². The van der Waals surface area contributed by atoms with Crippen molar-refractivity contribution in [2.45, 2.75) is 57.8 Å². The molecule has 2 atom stereocenters. The number of hydrogen-bond acceptors (Lipinski definition) is 5. The summed E-state index contributed by atoms with van der Waals surface area (Å²) in [7, 11) is 0. The average molecular weight is 315 g/mol. The van der Waals surface area contributed by atoms with Gasteiger partial charge in [-0.25, -0.2) is 0 Å². The summed E-state index contributed by atoms with van der Waals surface area (Å²) in [6, 6.07) is 4.03. The minimum absolute atomic E-state index is 0.0239. The second-order valence-electron chi connectivity index (χ2n) is 6.69. The van der Waals surface area contributed by atoms with Gasteiger partial charge in [0.2, 0.25) is 0 Å². The smallest absolute Gasteiger partial charge is 0.130 e. The van der Waals surface area contributed by atoms with Crippen LogP contribution in [0, 0.1) is 0 Å². The lowest BCUT2D eigenvalue weighted by molar-refractivity contribution is -0.113. The summed E-state index contributed by atoms with van der Waals surface area (Å²) >= 11 is 0. The maximum atomic E-state index is 6.28. The molecule has 0 radical (unpaired) electrons. The number of hydrogen-bond donors (Lipinski definition) is 1. The van der Waals surface area contributed by atoms with Gasteiger partial charge in [-0.1, -0.05) is 13.3 Å². The third kappa shape index (κ3) is 3.31. The highest BCUT2D eigenvalue weighted by atomic mass is 16.6. The predicted octanol–water partition coefficient (Wildman–Crippen LogP) is 2.86. The molecule has 0 aliphatic carbocycles. The van der Waals surface area contributed by atoms with Crippen molar-refractivity contribution in [2.24, 2.45) is 5.73 Å². The van der Waals surface area contributed by atoms with Crippen molar-refractivity contribution in [3.8, 4) is 5.75 Å². The lowest BCUT2D eigenvalue weighted by Crippen LogP contribution is -2.50. The fourth-order valence-corrected chi connectivity index (χ4v) is 3.09. The summed E-state index contributed by atoms with van der Waals surface area (Å²) in [4.78, 5) is 8.73. The minimum Gasteiger partial charge on any atom is -0.485 e. The summed E-state index contributed by atoms with van der Waals surface area (Å²) in [5.41, 5.74) is 8.31. The van der Waals surface area contributed by atoms with Crippen LogP contribution in [0.25, 0.3) is 11.0 Å². The van der Waals surface area contributed by atoms with E-state index in [-0.39, 0.29) is 12.2 Å². The lowest BCUT2D eigenvalue weighted by atomic mass is 9.90. The summed E-state index contributed by atoms with van der Waals surface area (Å²) < 4.78 is 12.5. The van der Waals surface area contributed by atoms with Crippen LogP contribution in [0.4, 0.5) is 0 Å². The van der Waals surface area contributed by atoms with Gasteiger partial charge in [-0.2, -0.15) is 0 Å². The van der Waals surface area contributed by atoms with Gasteiger partial charge >= 0.3 is 0 Å². The molecule has 1 aromatic heterocycles. The molecule has 1 aliphatic rings. The Kier molecular flexibility index (Phi) is 4.50. The van der Waals surface area contributed by atoms with E-state index >= 15 is 0 Å². The molecule has 0 saturated heterocycles. The topological polar surface area (TPSA) is 70.3 Å². The van der Waals surface area contributed by atoms with E-state index in [4.69, 9.17) is 15.2 Å². The van der Waals surface area contributed by atoms with E-state index in [1.54, 1.807) is 12.4 Å². The number of rotatable bonds is 5. The van der Waals surface area contributed by atoms with Crippen LogP contribution in [0.15, 0.2) is 24.5 Å². The van der Waals surface area contributed by atoms with Crippen LogP contribution in [0.3, 0.4) is 0 Å². The van der Waals surface area contributed by atoms with Gasteiger partial charge in [-0.05, 0) is 31.9 Å². The molecule has 0 saturated carbocycles. The van der Waals surface area contributed by atoms with E-state index in [1.165, 1.54) is 0 Å². The van der Waals surface area contributed by atoms with Crippen LogP contribution in [0.5, 0.6) is 5.75 Å². The number of fused-ring (bicyclic) bond motifs is 2. The Morgan fingerprint density at radius 3 is 2.65 bits per heavy atom. The van der Waals surface area contributed by atoms with Gasteiger partial charge < -0.3 is 15.2 Å². The summed E-state index contributed by atoms with van der Waals surface area (Å²) in [6.07, 6.45) is 6.30. The van der Waals surface area contributed by atoms with Crippen LogP contribution in [0.2, 0.25) is 0 Å². The molecule has 1 unspecified atom stereocenters. The van der Waals surface area contributed by atoms with Crippen molar-refractivity contribution in [1.82, 2.24) is 9.97 Å². The van der Waals surface area contributed by atoms with E-state index in [0.717, 1.165) is 41.6 Å². The Balaban J connectivity index is 1.89. The highest BCUT2D eigenvalue weighted by molar-refractivity contribution is 5.77. The lowest BCUT2D eigenvalue weighted by Gasteiger charge is -2.41. The van der Waals surface area contributed by atoms with Crippen LogP contribution in [0.1, 0.15) is 39.2 Å². The maximum Gasteiger partial charge on any atom is 0.130 e. The molecule has 3 rings (SSSR count). The molecule has 1 aromatic carbocycles. The highest BCUT2D eigenvalue weighted by Crippen LogP contribution is 2.37. The van der Waals surface area contributed by atoms with Gasteiger partial charge in [0.1, 0.15) is 17.5 Å². The van der Waals surface area contributed by atoms with Crippen molar-refractivity contribution < 1.29 is 9.47 Å². The molecule has 2 heterocycles. The number of benzene rings is 1. The van der Waals surface area contributed by atoms with Crippen molar-refractivity contribution in [1.29, 1.82) is 0 Å². The molecule has 0 amide bonds. The quantitative estimate of drug-likeness (QED) is 0.918. The SMILES string of the molecule is CCCC(CN)O[C@@H]1Cc2cc3nccnc3cc2OC1(C)C. The highest BCUT2D eigenvalue weighted by Gasteiger charge is 2.39. The zero-order chi connectivity index (χ0) is 16.4. The fraction of sp³-hybridized carbons (Fsp3) is 0.556. The monoisotopic (exact) mass is 315 g/mol. The van der Waals surface area contributed by atoms with Gasteiger partial charge in [-0.3, -0.25) is 9.97 Å². The van der Waals surface area contributed by atoms with Crippen LogP contribution in [-0.4, -0.2) is 34.3 Å². The Labute approximate surface area is 137 Å². The molecule has 2 aromatic rings. The van der Waals surface area contributed by atoms with Crippen LogP contribution in [-0.2, 0) is 11.2 Å². The van der Waals surface area contributed by atoms with Crippen molar-refractivity contribution in [3.63, 3.8) is 0 Å². The zero-order valence-electron chi connectivity index (χ0n) is 14.1. The van der Waals surface area contributed by atoms with Crippen molar-refractivity contribution >= 4 is 11.0 Å². The van der Waals surface area contributed by atoms with Crippen molar-refractivity contribution in [2.75, 3.05) is 6.54 Å². The molecule has 0 spiro atoms. The fourth-order valence-electron chi connectivity index (χ4n) is 3.09. The first-order chi connectivity index (χ1) is 11.0. The Bertz CT molecular complexity index is 687. The van der Waals surface area contributed by atoms with E-state index in [9.17, 15) is 0 Å². The summed E-state index contributed by atoms with van der Waals surface area (Å²) in [5, 5.41) is 0. The first kappa shape index (κ1) is 16.1. The van der Waals surface area contributed by atoms with Crippen LogP contribution >= 0.6 is 0 Å². The average Bonchev–Trinajstić information content (AvgIpc) is 2.52. The third-order valence-corrected chi connectivity index (χ3v) is 4.44. The Hall–Kier alpha value is -1.72. The molecule has 5 heteroatoms. The van der Waals surface area contributed by atoms with Gasteiger partial charge in [0.05, 0.1) is 17.1 Å². The second kappa shape index (κ2) is 6.42. The number of nitrogens with two attached hydrogens (primary N) is 1. The van der Waals surface area contributed by atoms with E-state index < -0.39 is 5.60 Å². The summed E-state index contributed by atoms with van der Waals surface area (Å²) in [5.74, 6) is 0.877. The number of nitrogens with zero attached hydrogens (tertiary/aromatic N) is 2. The minimum atomic E-state index is -0.399. The molecule has 5 nitrogen and oxygen atoms in total. The second-order valence-corrected chi connectivity index (χ2v) is 6.69. The predicted molar refractivity (Wildman–Crippen MR) is 90.6 cm³/mol. The molecular formula is C18H25N3O2. The summed E-state index contributed by atoms with van der Waals surface area (Å²) in [6.45, 7) is 6.83. The zero-order valence-corrected chi connectivity index (χ0v) is 14.1. The molecule has 23 heavy (non-hydrogen) atoms.